The van der Waals surface area contributed by atoms with E-state index in [9.17, 15) is 9.59 Å². The summed E-state index contributed by atoms with van der Waals surface area (Å²) in [5, 5.41) is 0. The van der Waals surface area contributed by atoms with Crippen molar-refractivity contribution < 1.29 is 14.3 Å². The molecule has 0 atom stereocenters. The van der Waals surface area contributed by atoms with Crippen LogP contribution in [0.5, 0.6) is 0 Å². The van der Waals surface area contributed by atoms with Gasteiger partial charge in [-0.05, 0) is 24.3 Å². The number of hydrogen-bond donors (Lipinski definition) is 0. The van der Waals surface area contributed by atoms with E-state index in [1.165, 1.54) is 0 Å². The van der Waals surface area contributed by atoms with E-state index in [0.717, 1.165) is 4.90 Å². The highest BCUT2D eigenvalue weighted by Crippen LogP contribution is 2.19. The van der Waals surface area contributed by atoms with Crippen LogP contribution < -0.4 is 0 Å². The Kier molecular flexibility index (Phi) is 5.38. The highest BCUT2D eigenvalue weighted by molar-refractivity contribution is 7.99. The molecule has 0 saturated heterocycles. The minimum absolute atomic E-state index is 0.0199. The lowest BCUT2D eigenvalue weighted by molar-refractivity contribution is -0.128. The van der Waals surface area contributed by atoms with Gasteiger partial charge in [-0.1, -0.05) is 30.3 Å². The summed E-state index contributed by atoms with van der Waals surface area (Å²) in [5.41, 5.74) is 1.36. The van der Waals surface area contributed by atoms with Crippen LogP contribution in [0.25, 0.3) is 0 Å². The first kappa shape index (κ1) is 14.3. The van der Waals surface area contributed by atoms with Crippen molar-refractivity contribution in [2.75, 3.05) is 12.4 Å². The lowest BCUT2D eigenvalue weighted by Gasteiger charge is -2.04. The number of hydrogen-bond acceptors (Lipinski definition) is 4. The molecule has 0 heterocycles. The van der Waals surface area contributed by atoms with Gasteiger partial charge in [-0.15, -0.1) is 11.8 Å². The zero-order valence-corrected chi connectivity index (χ0v) is 11.6. The minimum Gasteiger partial charge on any atom is -0.467 e. The van der Waals surface area contributed by atoms with Crippen molar-refractivity contribution in [3.8, 4) is 0 Å². The predicted molar refractivity (Wildman–Crippen MR) is 79.1 cm³/mol. The fourth-order valence-corrected chi connectivity index (χ4v) is 2.46. The summed E-state index contributed by atoms with van der Waals surface area (Å²) in [6.45, 7) is 0.834. The molecule has 0 amide bonds. The Morgan fingerprint density at radius 1 is 1.00 bits per heavy atom. The quantitative estimate of drug-likeness (QED) is 0.339. The highest BCUT2D eigenvalue weighted by Gasteiger charge is 2.07. The standard InChI is InChI=1S/C16H14O3S/c17-12-19-10-11-20-15-8-6-14(7-9-15)16(18)13-4-2-1-3-5-13/h1-9,12H,10-11H2. The molecule has 0 bridgehead atoms. The number of benzene rings is 2. The molecule has 20 heavy (non-hydrogen) atoms. The van der Waals surface area contributed by atoms with Gasteiger partial charge in [0.15, 0.2) is 5.78 Å². The molecule has 0 N–H and O–H groups in total. The molecule has 0 spiro atoms. The van der Waals surface area contributed by atoms with Gasteiger partial charge in [0.2, 0.25) is 0 Å². The van der Waals surface area contributed by atoms with Crippen molar-refractivity contribution in [1.29, 1.82) is 0 Å². The van der Waals surface area contributed by atoms with Gasteiger partial charge in [0.1, 0.15) is 6.61 Å². The van der Waals surface area contributed by atoms with E-state index < -0.39 is 0 Å². The first-order chi connectivity index (χ1) is 9.81. The van der Waals surface area contributed by atoms with Gasteiger partial charge in [-0.3, -0.25) is 9.59 Å². The fraction of sp³-hybridized carbons (Fsp3) is 0.125. The third-order valence-electron chi connectivity index (χ3n) is 2.69. The molecular weight excluding hydrogens is 272 g/mol. The van der Waals surface area contributed by atoms with E-state index in [1.54, 1.807) is 11.8 Å². The SMILES string of the molecule is O=COCCSc1ccc(C(=O)c2ccccc2)cc1. The summed E-state index contributed by atoms with van der Waals surface area (Å²) in [7, 11) is 0. The second-order valence-electron chi connectivity index (χ2n) is 4.04. The van der Waals surface area contributed by atoms with Crippen LogP contribution in [-0.4, -0.2) is 24.6 Å². The van der Waals surface area contributed by atoms with Crippen molar-refractivity contribution in [2.24, 2.45) is 0 Å². The molecule has 0 radical (unpaired) electrons. The zero-order chi connectivity index (χ0) is 14.2. The normalized spacial score (nSPS) is 10.0. The van der Waals surface area contributed by atoms with Crippen LogP contribution in [0.3, 0.4) is 0 Å². The lowest BCUT2D eigenvalue weighted by atomic mass is 10.0. The molecular formula is C16H14O3S. The van der Waals surface area contributed by atoms with E-state index in [-0.39, 0.29) is 5.78 Å². The van der Waals surface area contributed by atoms with Gasteiger partial charge in [0, 0.05) is 21.8 Å². The van der Waals surface area contributed by atoms with Crippen molar-refractivity contribution >= 4 is 24.0 Å². The Balaban J connectivity index is 1.97. The molecule has 102 valence electrons. The van der Waals surface area contributed by atoms with E-state index in [4.69, 9.17) is 0 Å². The van der Waals surface area contributed by atoms with Crippen molar-refractivity contribution in [2.45, 2.75) is 4.90 Å². The minimum atomic E-state index is 0.0199. The molecule has 0 aliphatic rings. The van der Waals surface area contributed by atoms with E-state index in [0.29, 0.717) is 30.0 Å². The maximum Gasteiger partial charge on any atom is 0.293 e. The topological polar surface area (TPSA) is 43.4 Å². The summed E-state index contributed by atoms with van der Waals surface area (Å²) in [5.74, 6) is 0.719. The van der Waals surface area contributed by atoms with Gasteiger partial charge in [-0.2, -0.15) is 0 Å². The monoisotopic (exact) mass is 286 g/mol. The largest absolute Gasteiger partial charge is 0.467 e. The van der Waals surface area contributed by atoms with Crippen molar-refractivity contribution in [1.82, 2.24) is 0 Å². The first-order valence-corrected chi connectivity index (χ1v) is 7.17. The summed E-state index contributed by atoms with van der Waals surface area (Å²) in [6.07, 6.45) is 0. The van der Waals surface area contributed by atoms with E-state index in [2.05, 4.69) is 4.74 Å². The molecule has 4 heteroatoms. The van der Waals surface area contributed by atoms with E-state index in [1.807, 2.05) is 54.6 Å². The maximum atomic E-state index is 12.2. The highest BCUT2D eigenvalue weighted by atomic mass is 32.2. The Hall–Kier alpha value is -2.07. The Bertz CT molecular complexity index is 564. The summed E-state index contributed by atoms with van der Waals surface area (Å²) in [4.78, 5) is 23.2. The number of carbonyl (C=O) groups excluding carboxylic acids is 2. The van der Waals surface area contributed by atoms with Gasteiger partial charge in [0.25, 0.3) is 6.47 Å². The van der Waals surface area contributed by atoms with Crippen LogP contribution in [0.15, 0.2) is 59.5 Å². The predicted octanol–water partition coefficient (Wildman–Crippen LogP) is 3.18. The first-order valence-electron chi connectivity index (χ1n) is 6.19. The summed E-state index contributed by atoms with van der Waals surface area (Å²) >= 11 is 1.58. The van der Waals surface area contributed by atoms with Crippen LogP contribution in [0.1, 0.15) is 15.9 Å². The van der Waals surface area contributed by atoms with E-state index >= 15 is 0 Å². The molecule has 0 unspecified atom stereocenters. The Morgan fingerprint density at radius 3 is 2.30 bits per heavy atom. The van der Waals surface area contributed by atoms with Crippen LogP contribution in [0, 0.1) is 0 Å². The van der Waals surface area contributed by atoms with Crippen molar-refractivity contribution in [3.63, 3.8) is 0 Å². The van der Waals surface area contributed by atoms with Gasteiger partial charge in [0.05, 0.1) is 0 Å². The van der Waals surface area contributed by atoms with Gasteiger partial charge < -0.3 is 4.74 Å². The number of ketones is 1. The Labute approximate surface area is 122 Å². The molecule has 0 aliphatic carbocycles. The van der Waals surface area contributed by atoms with Crippen LogP contribution in [0.2, 0.25) is 0 Å². The van der Waals surface area contributed by atoms with Crippen LogP contribution in [0.4, 0.5) is 0 Å². The summed E-state index contributed by atoms with van der Waals surface area (Å²) in [6, 6.07) is 16.6. The van der Waals surface area contributed by atoms with Crippen LogP contribution in [-0.2, 0) is 9.53 Å². The molecule has 2 aromatic rings. The van der Waals surface area contributed by atoms with Gasteiger partial charge in [-0.25, -0.2) is 0 Å². The van der Waals surface area contributed by atoms with Gasteiger partial charge >= 0.3 is 0 Å². The molecule has 0 fully saturated rings. The molecule has 0 aromatic heterocycles. The second-order valence-corrected chi connectivity index (χ2v) is 5.20. The molecule has 0 aliphatic heterocycles. The number of ether oxygens (including phenoxy) is 1. The fourth-order valence-electron chi connectivity index (χ4n) is 1.71. The average molecular weight is 286 g/mol. The average Bonchev–Trinajstić information content (AvgIpc) is 2.52. The lowest BCUT2D eigenvalue weighted by Crippen LogP contribution is -2.00. The molecule has 2 rings (SSSR count). The number of carbonyl (C=O) groups is 2. The van der Waals surface area contributed by atoms with Crippen molar-refractivity contribution in [3.05, 3.63) is 65.7 Å². The zero-order valence-electron chi connectivity index (χ0n) is 10.8. The van der Waals surface area contributed by atoms with Crippen LogP contribution >= 0.6 is 11.8 Å². The molecule has 3 nitrogen and oxygen atoms in total. The summed E-state index contributed by atoms with van der Waals surface area (Å²) < 4.78 is 4.62. The third kappa shape index (κ3) is 3.96. The Morgan fingerprint density at radius 2 is 1.65 bits per heavy atom. The molecule has 2 aromatic carbocycles. The number of thioether (sulfide) groups is 1. The molecule has 0 saturated carbocycles. The number of rotatable bonds is 7. The third-order valence-corrected chi connectivity index (χ3v) is 3.67. The smallest absolute Gasteiger partial charge is 0.293 e. The second kappa shape index (κ2) is 7.50. The maximum absolute atomic E-state index is 12.2.